The molecule has 0 unspecified atom stereocenters. The van der Waals surface area contributed by atoms with Gasteiger partial charge in [-0.2, -0.15) is 0 Å². The van der Waals surface area contributed by atoms with Gasteiger partial charge in [-0.25, -0.2) is 4.39 Å². The zero-order valence-electron chi connectivity index (χ0n) is 10.1. The predicted octanol–water partition coefficient (Wildman–Crippen LogP) is 4.90. The Kier molecular flexibility index (Phi) is 3.03. The predicted molar refractivity (Wildman–Crippen MR) is 80.9 cm³/mol. The van der Waals surface area contributed by atoms with Gasteiger partial charge in [-0.15, -0.1) is 0 Å². The van der Waals surface area contributed by atoms with Gasteiger partial charge >= 0.3 is 0 Å². The van der Waals surface area contributed by atoms with E-state index in [1.54, 1.807) is 6.07 Å². The number of imidazole rings is 1. The fourth-order valence-corrected chi connectivity index (χ4v) is 2.78. The number of rotatable bonds is 1. The Bertz CT molecular complexity index is 835. The zero-order chi connectivity index (χ0) is 13.6. The highest BCUT2D eigenvalue weighted by molar-refractivity contribution is 9.10. The molecule has 2 aromatic carbocycles. The molecule has 0 radical (unpaired) electrons. The van der Waals surface area contributed by atoms with Gasteiger partial charge in [0.1, 0.15) is 5.82 Å². The van der Waals surface area contributed by atoms with Crippen LogP contribution in [0, 0.1) is 17.5 Å². The first-order chi connectivity index (χ1) is 9.06. The van der Waals surface area contributed by atoms with Crippen LogP contribution in [0.5, 0.6) is 0 Å². The highest BCUT2D eigenvalue weighted by Gasteiger charge is 2.10. The summed E-state index contributed by atoms with van der Waals surface area (Å²) in [6.45, 7) is 2.01. The summed E-state index contributed by atoms with van der Waals surface area (Å²) < 4.78 is 16.5. The van der Waals surface area contributed by atoms with Crippen LogP contribution in [-0.2, 0) is 0 Å². The molecule has 19 heavy (non-hydrogen) atoms. The summed E-state index contributed by atoms with van der Waals surface area (Å²) >= 11 is 8.51. The van der Waals surface area contributed by atoms with Crippen molar-refractivity contribution in [3.8, 4) is 5.69 Å². The van der Waals surface area contributed by atoms with Crippen molar-refractivity contribution < 1.29 is 4.39 Å². The Morgan fingerprint density at radius 3 is 2.79 bits per heavy atom. The van der Waals surface area contributed by atoms with Gasteiger partial charge in [0.2, 0.25) is 0 Å². The average Bonchev–Trinajstić information content (AvgIpc) is 2.65. The third-order valence-electron chi connectivity index (χ3n) is 2.98. The summed E-state index contributed by atoms with van der Waals surface area (Å²) in [5.74, 6) is -0.303. The van der Waals surface area contributed by atoms with Crippen LogP contribution in [0.3, 0.4) is 0 Å². The van der Waals surface area contributed by atoms with Gasteiger partial charge < -0.3 is 4.98 Å². The van der Waals surface area contributed by atoms with Crippen LogP contribution >= 0.6 is 28.1 Å². The molecule has 0 aliphatic heterocycles. The normalized spacial score (nSPS) is 11.1. The van der Waals surface area contributed by atoms with Crippen LogP contribution in [0.4, 0.5) is 4.39 Å². The van der Waals surface area contributed by atoms with Gasteiger partial charge in [0.05, 0.1) is 15.5 Å². The third kappa shape index (κ3) is 2.13. The van der Waals surface area contributed by atoms with E-state index in [0.717, 1.165) is 22.3 Å². The molecule has 0 saturated carbocycles. The monoisotopic (exact) mass is 336 g/mol. The first-order valence-electron chi connectivity index (χ1n) is 5.73. The Balaban J connectivity index is 2.38. The van der Waals surface area contributed by atoms with Gasteiger partial charge in [0.25, 0.3) is 0 Å². The summed E-state index contributed by atoms with van der Waals surface area (Å²) in [5.41, 5.74) is 3.60. The molecule has 0 amide bonds. The number of nitrogens with one attached hydrogen (secondary N) is 1. The van der Waals surface area contributed by atoms with Crippen LogP contribution in [0.25, 0.3) is 16.7 Å². The van der Waals surface area contributed by atoms with E-state index in [4.69, 9.17) is 12.2 Å². The SMILES string of the molecule is Cc1cccc(-n2c(=S)[nH]c3cc(Br)c(F)cc32)c1. The minimum absolute atomic E-state index is 0.303. The largest absolute Gasteiger partial charge is 0.330 e. The fourth-order valence-electron chi connectivity index (χ4n) is 2.13. The molecule has 0 fully saturated rings. The molecule has 0 atom stereocenters. The van der Waals surface area contributed by atoms with E-state index in [-0.39, 0.29) is 5.82 Å². The van der Waals surface area contributed by atoms with Gasteiger partial charge in [0, 0.05) is 11.8 Å². The number of benzene rings is 2. The number of nitrogens with zero attached hydrogens (tertiary/aromatic N) is 1. The van der Waals surface area contributed by atoms with Crippen LogP contribution in [0.2, 0.25) is 0 Å². The number of H-pyrrole nitrogens is 1. The molecule has 96 valence electrons. The van der Waals surface area contributed by atoms with E-state index < -0.39 is 0 Å². The molecule has 1 N–H and O–H groups in total. The standard InChI is InChI=1S/C14H10BrFN2S/c1-8-3-2-4-9(5-8)18-13-7-11(16)10(15)6-12(13)17-14(18)19/h2-7H,1H3,(H,17,19). The summed E-state index contributed by atoms with van der Waals surface area (Å²) in [7, 11) is 0. The number of halogens is 2. The summed E-state index contributed by atoms with van der Waals surface area (Å²) in [6, 6.07) is 11.1. The minimum Gasteiger partial charge on any atom is -0.330 e. The smallest absolute Gasteiger partial charge is 0.182 e. The van der Waals surface area contributed by atoms with Crippen LogP contribution < -0.4 is 0 Å². The maximum absolute atomic E-state index is 13.7. The quantitative estimate of drug-likeness (QED) is 0.627. The molecule has 0 bridgehead atoms. The minimum atomic E-state index is -0.303. The number of aromatic nitrogens is 2. The van der Waals surface area contributed by atoms with Crippen LogP contribution in [0.1, 0.15) is 5.56 Å². The van der Waals surface area contributed by atoms with E-state index in [0.29, 0.717) is 9.24 Å². The van der Waals surface area contributed by atoms with E-state index >= 15 is 0 Å². The van der Waals surface area contributed by atoms with Gasteiger partial charge in [-0.05, 0) is 58.8 Å². The van der Waals surface area contributed by atoms with E-state index in [1.807, 2.05) is 35.8 Å². The van der Waals surface area contributed by atoms with Crippen molar-refractivity contribution in [2.75, 3.05) is 0 Å². The third-order valence-corrected chi connectivity index (χ3v) is 3.88. The Morgan fingerprint density at radius 2 is 2.05 bits per heavy atom. The maximum Gasteiger partial charge on any atom is 0.182 e. The lowest BCUT2D eigenvalue weighted by molar-refractivity contribution is 0.622. The summed E-state index contributed by atoms with van der Waals surface area (Å²) in [4.78, 5) is 3.09. The highest BCUT2D eigenvalue weighted by atomic mass is 79.9. The highest BCUT2D eigenvalue weighted by Crippen LogP contribution is 2.25. The molecular weight excluding hydrogens is 327 g/mol. The topological polar surface area (TPSA) is 20.7 Å². The second kappa shape index (κ2) is 4.58. The van der Waals surface area contributed by atoms with Crippen molar-refractivity contribution in [1.29, 1.82) is 0 Å². The lowest BCUT2D eigenvalue weighted by Crippen LogP contribution is -1.94. The van der Waals surface area contributed by atoms with E-state index in [1.165, 1.54) is 6.07 Å². The summed E-state index contributed by atoms with van der Waals surface area (Å²) in [5, 5.41) is 0. The van der Waals surface area contributed by atoms with Crippen molar-refractivity contribution in [1.82, 2.24) is 9.55 Å². The van der Waals surface area contributed by atoms with Crippen molar-refractivity contribution in [3.05, 3.63) is 57.0 Å². The van der Waals surface area contributed by atoms with Gasteiger partial charge in [0.15, 0.2) is 4.77 Å². The van der Waals surface area contributed by atoms with E-state index in [2.05, 4.69) is 20.9 Å². The van der Waals surface area contributed by atoms with Gasteiger partial charge in [-0.3, -0.25) is 4.57 Å². The first-order valence-corrected chi connectivity index (χ1v) is 6.93. The molecule has 3 aromatic rings. The molecule has 1 aromatic heterocycles. The number of aromatic amines is 1. The lowest BCUT2D eigenvalue weighted by atomic mass is 10.2. The number of fused-ring (bicyclic) bond motifs is 1. The maximum atomic E-state index is 13.7. The molecular formula is C14H10BrFN2S. The first kappa shape index (κ1) is 12.6. The molecule has 1 heterocycles. The van der Waals surface area contributed by atoms with Gasteiger partial charge in [-0.1, -0.05) is 12.1 Å². The van der Waals surface area contributed by atoms with Crippen molar-refractivity contribution in [3.63, 3.8) is 0 Å². The Labute approximate surface area is 123 Å². The fraction of sp³-hybridized carbons (Fsp3) is 0.0714. The molecule has 0 saturated heterocycles. The number of aryl methyl sites for hydroxylation is 1. The second-order valence-electron chi connectivity index (χ2n) is 4.39. The molecule has 3 rings (SSSR count). The Morgan fingerprint density at radius 1 is 1.26 bits per heavy atom. The van der Waals surface area contributed by atoms with Crippen molar-refractivity contribution >= 4 is 39.2 Å². The van der Waals surface area contributed by atoms with E-state index in [9.17, 15) is 4.39 Å². The molecule has 0 aliphatic carbocycles. The van der Waals surface area contributed by atoms with Crippen molar-refractivity contribution in [2.24, 2.45) is 0 Å². The van der Waals surface area contributed by atoms with Crippen LogP contribution in [-0.4, -0.2) is 9.55 Å². The summed E-state index contributed by atoms with van der Waals surface area (Å²) in [6.07, 6.45) is 0. The second-order valence-corrected chi connectivity index (χ2v) is 5.63. The molecule has 2 nitrogen and oxygen atoms in total. The Hall–Kier alpha value is -1.46. The molecule has 0 aliphatic rings. The van der Waals surface area contributed by atoms with Crippen LogP contribution in [0.15, 0.2) is 40.9 Å². The molecule has 0 spiro atoms. The average molecular weight is 337 g/mol. The zero-order valence-corrected chi connectivity index (χ0v) is 12.5. The lowest BCUT2D eigenvalue weighted by Gasteiger charge is -2.06. The van der Waals surface area contributed by atoms with Crippen molar-refractivity contribution in [2.45, 2.75) is 6.92 Å². The number of hydrogen-bond donors (Lipinski definition) is 1. The molecule has 5 heteroatoms. The number of hydrogen-bond acceptors (Lipinski definition) is 1.